The van der Waals surface area contributed by atoms with Gasteiger partial charge in [0.05, 0.1) is 17.7 Å². The molecule has 1 saturated heterocycles. The highest BCUT2D eigenvalue weighted by Crippen LogP contribution is 2.51. The Labute approximate surface area is 119 Å². The van der Waals surface area contributed by atoms with Gasteiger partial charge in [0, 0.05) is 6.42 Å². The molecule has 0 amide bonds. The maximum absolute atomic E-state index is 11.8. The average molecular weight is 310 g/mol. The van der Waals surface area contributed by atoms with E-state index in [-0.39, 0.29) is 6.42 Å². The van der Waals surface area contributed by atoms with Gasteiger partial charge in [-0.3, -0.25) is 4.57 Å². The minimum Gasteiger partial charge on any atom is -0.388 e. The van der Waals surface area contributed by atoms with Crippen molar-refractivity contribution in [2.24, 2.45) is 0 Å². The molecule has 0 aliphatic carbocycles. The summed E-state index contributed by atoms with van der Waals surface area (Å²) in [5.41, 5.74) is -1.04. The molecule has 0 aromatic heterocycles. The van der Waals surface area contributed by atoms with E-state index < -0.39 is 43.4 Å². The molecule has 0 radical (unpaired) electrons. The molecule has 9 heteroatoms. The van der Waals surface area contributed by atoms with Gasteiger partial charge in [-0.25, -0.2) is 0 Å². The van der Waals surface area contributed by atoms with Gasteiger partial charge in [-0.15, -0.1) is 0 Å². The Morgan fingerprint density at radius 3 is 2.35 bits per heavy atom. The number of aliphatic hydroxyl groups excluding tert-OH is 3. The normalized spacial score (nSPS) is 38.1. The third-order valence-corrected chi connectivity index (χ3v) is 5.45. The smallest absolute Gasteiger partial charge is 0.356 e. The zero-order chi connectivity index (χ0) is 15.7. The van der Waals surface area contributed by atoms with Crippen LogP contribution in [0.3, 0.4) is 0 Å². The van der Waals surface area contributed by atoms with Crippen LogP contribution in [0.2, 0.25) is 0 Å². The minimum atomic E-state index is -4.15. The van der Waals surface area contributed by atoms with Crippen LogP contribution >= 0.6 is 7.60 Å². The van der Waals surface area contributed by atoms with Gasteiger partial charge in [-0.2, -0.15) is 0 Å². The Hall–Kier alpha value is 0.0549. The lowest BCUT2D eigenvalue weighted by Gasteiger charge is -2.34. The van der Waals surface area contributed by atoms with Gasteiger partial charge in [-0.1, -0.05) is 6.92 Å². The third kappa shape index (κ3) is 4.04. The molecule has 0 bridgehead atoms. The molecule has 0 aromatic carbocycles. The second-order valence-electron chi connectivity index (χ2n) is 5.66. The first-order valence-electron chi connectivity index (χ1n) is 6.75. The Bertz CT molecular complexity index is 380. The zero-order valence-corrected chi connectivity index (χ0v) is 13.2. The van der Waals surface area contributed by atoms with Crippen LogP contribution in [0.15, 0.2) is 0 Å². The third-order valence-electron chi connectivity index (χ3n) is 3.81. The van der Waals surface area contributed by atoms with Crippen molar-refractivity contribution < 1.29 is 34.0 Å². The molecule has 20 heavy (non-hydrogen) atoms. The summed E-state index contributed by atoms with van der Waals surface area (Å²) in [4.78, 5) is 9.63. The molecule has 7 nitrogen and oxygen atoms in total. The van der Waals surface area contributed by atoms with Gasteiger partial charge in [-0.05, 0) is 20.3 Å². The molecule has 1 aliphatic heterocycles. The zero-order valence-electron chi connectivity index (χ0n) is 12.3. The minimum absolute atomic E-state index is 0.142. The first kappa shape index (κ1) is 18.1. The summed E-state index contributed by atoms with van der Waals surface area (Å²) >= 11 is 0. The van der Waals surface area contributed by atoms with Crippen LogP contribution in [0, 0.1) is 0 Å². The van der Waals surface area contributed by atoms with E-state index in [0.717, 1.165) is 0 Å². The van der Waals surface area contributed by atoms with E-state index in [0.29, 0.717) is 6.42 Å². The van der Waals surface area contributed by atoms with E-state index in [2.05, 4.69) is 0 Å². The first-order valence-corrected chi connectivity index (χ1v) is 8.40. The highest BCUT2D eigenvalue weighted by molar-refractivity contribution is 7.53. The van der Waals surface area contributed by atoms with Crippen LogP contribution in [-0.2, 0) is 13.8 Å². The van der Waals surface area contributed by atoms with Crippen molar-refractivity contribution >= 4 is 15.4 Å². The highest BCUT2D eigenvalue weighted by Gasteiger charge is 2.45. The van der Waals surface area contributed by atoms with Gasteiger partial charge in [0.2, 0.25) is 0 Å². The van der Waals surface area contributed by atoms with Gasteiger partial charge in [0.15, 0.2) is 5.85 Å². The molecular formula is C11H24BO7P. The van der Waals surface area contributed by atoms with Crippen LogP contribution in [0.1, 0.15) is 33.6 Å². The van der Waals surface area contributed by atoms with Crippen molar-refractivity contribution in [2.45, 2.75) is 69.4 Å². The molecule has 4 N–H and O–H groups in total. The fraction of sp³-hybridized carbons (Fsp3) is 1.00. The van der Waals surface area contributed by atoms with E-state index in [1.165, 1.54) is 6.92 Å². The van der Waals surface area contributed by atoms with E-state index in [1.54, 1.807) is 21.7 Å². The van der Waals surface area contributed by atoms with E-state index in [1.807, 2.05) is 0 Å². The highest BCUT2D eigenvalue weighted by atomic mass is 31.2. The lowest BCUT2D eigenvalue weighted by atomic mass is 9.90. The Kier molecular flexibility index (Phi) is 5.83. The summed E-state index contributed by atoms with van der Waals surface area (Å²) in [6, 6.07) is -0.506. The fourth-order valence-corrected chi connectivity index (χ4v) is 3.15. The topological polar surface area (TPSA) is 116 Å². The number of ether oxygens (including phenoxy) is 1. The Balaban J connectivity index is 2.78. The predicted octanol–water partition coefficient (Wildman–Crippen LogP) is -0.835. The van der Waals surface area contributed by atoms with Crippen molar-refractivity contribution in [1.29, 1.82) is 0 Å². The van der Waals surface area contributed by atoms with E-state index >= 15 is 0 Å². The second-order valence-corrected chi connectivity index (χ2v) is 7.71. The second kappa shape index (κ2) is 6.44. The summed E-state index contributed by atoms with van der Waals surface area (Å²) in [7, 11) is -2.51. The molecule has 0 spiro atoms. The van der Waals surface area contributed by atoms with Crippen LogP contribution < -0.4 is 0 Å². The van der Waals surface area contributed by atoms with Crippen molar-refractivity contribution in [3.8, 4) is 0 Å². The predicted molar refractivity (Wildman–Crippen MR) is 75.1 cm³/mol. The summed E-state index contributed by atoms with van der Waals surface area (Å²) < 4.78 is 22.5. The number of rotatable bonds is 6. The summed E-state index contributed by atoms with van der Waals surface area (Å²) in [5.74, 6) is -1.49. The Morgan fingerprint density at radius 2 is 2.00 bits per heavy atom. The fourth-order valence-electron chi connectivity index (χ4n) is 2.17. The molecule has 7 atom stereocenters. The molecular weight excluding hydrogens is 286 g/mol. The summed E-state index contributed by atoms with van der Waals surface area (Å²) in [6.45, 7) is 4.57. The van der Waals surface area contributed by atoms with Crippen LogP contribution in [0.5, 0.6) is 0 Å². The van der Waals surface area contributed by atoms with Gasteiger partial charge in [0.25, 0.3) is 0 Å². The maximum atomic E-state index is 11.8. The molecule has 0 saturated carbocycles. The maximum Gasteiger partial charge on any atom is 0.356 e. The van der Waals surface area contributed by atoms with Crippen LogP contribution in [-0.4, -0.2) is 63.8 Å². The molecule has 1 aliphatic rings. The number of hydrogen-bond acceptors (Lipinski definition) is 6. The molecule has 118 valence electrons. The van der Waals surface area contributed by atoms with Crippen molar-refractivity contribution in [2.75, 3.05) is 0 Å². The summed E-state index contributed by atoms with van der Waals surface area (Å²) in [6.07, 6.45) is -2.20. The Morgan fingerprint density at radius 1 is 1.45 bits per heavy atom. The number of hydrogen-bond donors (Lipinski definition) is 4. The van der Waals surface area contributed by atoms with Crippen molar-refractivity contribution in [3.63, 3.8) is 0 Å². The quantitative estimate of drug-likeness (QED) is 0.373. The van der Waals surface area contributed by atoms with Gasteiger partial charge in [0.1, 0.15) is 20.1 Å². The molecule has 1 fully saturated rings. The van der Waals surface area contributed by atoms with Gasteiger partial charge >= 0.3 is 7.60 Å². The van der Waals surface area contributed by atoms with Crippen molar-refractivity contribution in [3.05, 3.63) is 0 Å². The SMILES string of the molecule is B[C@@H]1O[C@H](CC(C)(CC)OP(=O)(O)C(C)O)C(O)[C@@H]1O. The number of aliphatic hydroxyl groups is 3. The molecule has 1 heterocycles. The lowest BCUT2D eigenvalue weighted by Crippen LogP contribution is -2.39. The average Bonchev–Trinajstić information content (AvgIpc) is 2.56. The molecule has 1 rings (SSSR count). The van der Waals surface area contributed by atoms with E-state index in [9.17, 15) is 24.8 Å². The lowest BCUT2D eigenvalue weighted by molar-refractivity contribution is -0.0395. The first-order chi connectivity index (χ1) is 9.02. The molecule has 4 unspecified atom stereocenters. The summed E-state index contributed by atoms with van der Waals surface area (Å²) in [5, 5.41) is 28.8. The van der Waals surface area contributed by atoms with Crippen LogP contribution in [0.25, 0.3) is 0 Å². The van der Waals surface area contributed by atoms with Gasteiger partial charge < -0.3 is 29.5 Å². The monoisotopic (exact) mass is 310 g/mol. The molecule has 0 aromatic rings. The van der Waals surface area contributed by atoms with E-state index in [4.69, 9.17) is 9.26 Å². The van der Waals surface area contributed by atoms with Crippen LogP contribution in [0.4, 0.5) is 0 Å². The largest absolute Gasteiger partial charge is 0.388 e. The standard InChI is InChI=1S/C11H24BO7P/c1-4-11(3,19-20(16,17)6(2)13)5-7-8(14)9(15)10(12)18-7/h6-10,13-15H,4-5,12H2,1-3H3,(H,16,17)/t6?,7-,8?,9+,10-,11?/m1/s1. The van der Waals surface area contributed by atoms with Crippen molar-refractivity contribution in [1.82, 2.24) is 0 Å².